The van der Waals surface area contributed by atoms with Gasteiger partial charge in [0, 0.05) is 18.6 Å². The van der Waals surface area contributed by atoms with Gasteiger partial charge in [-0.25, -0.2) is 0 Å². The van der Waals surface area contributed by atoms with E-state index in [0.717, 1.165) is 26.1 Å². The standard InChI is InChI=1S/C13H27NO/c1-12(2,3)9-11-10-14(7-8-15-11)13(4,5)6/h11H,7-10H2,1-6H3/t11-/m0/s1. The summed E-state index contributed by atoms with van der Waals surface area (Å²) in [5, 5.41) is 0. The van der Waals surface area contributed by atoms with Crippen molar-refractivity contribution in [2.45, 2.75) is 59.6 Å². The van der Waals surface area contributed by atoms with Gasteiger partial charge in [0.2, 0.25) is 0 Å². The normalized spacial score (nSPS) is 25.6. The number of rotatable bonds is 1. The van der Waals surface area contributed by atoms with E-state index in [-0.39, 0.29) is 5.54 Å². The molecule has 0 spiro atoms. The summed E-state index contributed by atoms with van der Waals surface area (Å²) in [6, 6.07) is 0. The van der Waals surface area contributed by atoms with Crippen molar-refractivity contribution in [2.75, 3.05) is 19.7 Å². The van der Waals surface area contributed by atoms with E-state index in [1.807, 2.05) is 0 Å². The van der Waals surface area contributed by atoms with Crippen LogP contribution in [0.4, 0.5) is 0 Å². The van der Waals surface area contributed by atoms with E-state index in [4.69, 9.17) is 4.74 Å². The monoisotopic (exact) mass is 213 g/mol. The highest BCUT2D eigenvalue weighted by Crippen LogP contribution is 2.26. The molecule has 0 bridgehead atoms. The van der Waals surface area contributed by atoms with Crippen molar-refractivity contribution < 1.29 is 4.74 Å². The third-order valence-electron chi connectivity index (χ3n) is 2.93. The van der Waals surface area contributed by atoms with Crippen LogP contribution in [0.5, 0.6) is 0 Å². The van der Waals surface area contributed by atoms with Gasteiger partial charge in [0.1, 0.15) is 0 Å². The molecule has 0 amide bonds. The van der Waals surface area contributed by atoms with Crippen molar-refractivity contribution in [2.24, 2.45) is 5.41 Å². The molecule has 1 aliphatic rings. The average Bonchev–Trinajstić information content (AvgIpc) is 1.99. The van der Waals surface area contributed by atoms with E-state index >= 15 is 0 Å². The molecular formula is C13H27NO. The smallest absolute Gasteiger partial charge is 0.0707 e. The first-order valence-electron chi connectivity index (χ1n) is 6.05. The molecule has 0 aromatic heterocycles. The molecule has 0 saturated carbocycles. The second kappa shape index (κ2) is 4.42. The third-order valence-corrected chi connectivity index (χ3v) is 2.93. The number of morpholine rings is 1. The Hall–Kier alpha value is -0.0800. The van der Waals surface area contributed by atoms with E-state index < -0.39 is 0 Å². The first kappa shape index (κ1) is 13.0. The molecule has 0 unspecified atom stereocenters. The molecule has 2 nitrogen and oxygen atoms in total. The molecule has 2 heteroatoms. The Morgan fingerprint density at radius 3 is 2.20 bits per heavy atom. The van der Waals surface area contributed by atoms with Gasteiger partial charge in [0.25, 0.3) is 0 Å². The second-order valence-corrected chi connectivity index (χ2v) is 6.87. The van der Waals surface area contributed by atoms with Crippen molar-refractivity contribution in [3.8, 4) is 0 Å². The maximum atomic E-state index is 5.84. The molecule has 1 fully saturated rings. The number of ether oxygens (including phenoxy) is 1. The van der Waals surface area contributed by atoms with E-state index in [0.29, 0.717) is 11.5 Å². The number of nitrogens with zero attached hydrogens (tertiary/aromatic N) is 1. The molecule has 0 N–H and O–H groups in total. The second-order valence-electron chi connectivity index (χ2n) is 6.87. The van der Waals surface area contributed by atoms with Crippen LogP contribution in [0.3, 0.4) is 0 Å². The summed E-state index contributed by atoms with van der Waals surface area (Å²) in [7, 11) is 0. The zero-order valence-corrected chi connectivity index (χ0v) is 11.3. The maximum absolute atomic E-state index is 5.84. The maximum Gasteiger partial charge on any atom is 0.0707 e. The highest BCUT2D eigenvalue weighted by Gasteiger charge is 2.30. The van der Waals surface area contributed by atoms with Crippen molar-refractivity contribution in [3.05, 3.63) is 0 Å². The predicted molar refractivity (Wildman–Crippen MR) is 65.1 cm³/mol. The SMILES string of the molecule is CC(C)(C)C[C@H]1CN(C(C)(C)C)CCO1. The summed E-state index contributed by atoms with van der Waals surface area (Å²) in [6.45, 7) is 16.7. The van der Waals surface area contributed by atoms with Crippen LogP contribution in [0.2, 0.25) is 0 Å². The summed E-state index contributed by atoms with van der Waals surface area (Å²) in [6.07, 6.45) is 1.57. The first-order valence-corrected chi connectivity index (χ1v) is 6.05. The summed E-state index contributed by atoms with van der Waals surface area (Å²) in [4.78, 5) is 2.53. The van der Waals surface area contributed by atoms with Crippen molar-refractivity contribution >= 4 is 0 Å². The molecule has 0 aromatic rings. The minimum absolute atomic E-state index is 0.278. The van der Waals surface area contributed by atoms with Crippen LogP contribution >= 0.6 is 0 Å². The van der Waals surface area contributed by atoms with Gasteiger partial charge in [-0.05, 0) is 32.6 Å². The Morgan fingerprint density at radius 2 is 1.73 bits per heavy atom. The van der Waals surface area contributed by atoms with Gasteiger partial charge >= 0.3 is 0 Å². The van der Waals surface area contributed by atoms with Gasteiger partial charge < -0.3 is 4.74 Å². The van der Waals surface area contributed by atoms with Gasteiger partial charge in [-0.2, -0.15) is 0 Å². The molecular weight excluding hydrogens is 186 g/mol. The lowest BCUT2D eigenvalue weighted by Gasteiger charge is -2.42. The summed E-state index contributed by atoms with van der Waals surface area (Å²) in [5.41, 5.74) is 0.644. The summed E-state index contributed by atoms with van der Waals surface area (Å²) < 4.78 is 5.84. The fraction of sp³-hybridized carbons (Fsp3) is 1.00. The predicted octanol–water partition coefficient (Wildman–Crippen LogP) is 2.92. The Balaban J connectivity index is 2.50. The summed E-state index contributed by atoms with van der Waals surface area (Å²) >= 11 is 0. The molecule has 0 radical (unpaired) electrons. The van der Waals surface area contributed by atoms with Gasteiger partial charge in [-0.1, -0.05) is 20.8 Å². The Kier molecular flexibility index (Phi) is 3.83. The first-order chi connectivity index (χ1) is 6.68. The number of hydrogen-bond donors (Lipinski definition) is 0. The minimum Gasteiger partial charge on any atom is -0.376 e. The van der Waals surface area contributed by atoms with E-state index in [9.17, 15) is 0 Å². The van der Waals surface area contributed by atoms with E-state index in [2.05, 4.69) is 46.4 Å². The topological polar surface area (TPSA) is 12.5 Å². The lowest BCUT2D eigenvalue weighted by Crippen LogP contribution is -2.52. The average molecular weight is 213 g/mol. The van der Waals surface area contributed by atoms with Gasteiger partial charge in [0.05, 0.1) is 12.7 Å². The van der Waals surface area contributed by atoms with Gasteiger partial charge in [-0.15, -0.1) is 0 Å². The molecule has 1 saturated heterocycles. The van der Waals surface area contributed by atoms with Crippen LogP contribution in [0.15, 0.2) is 0 Å². The minimum atomic E-state index is 0.278. The molecule has 1 atom stereocenters. The largest absolute Gasteiger partial charge is 0.376 e. The van der Waals surface area contributed by atoms with Crippen molar-refractivity contribution in [1.82, 2.24) is 4.90 Å². The quantitative estimate of drug-likeness (QED) is 0.664. The molecule has 15 heavy (non-hydrogen) atoms. The van der Waals surface area contributed by atoms with Crippen LogP contribution in [-0.4, -0.2) is 36.2 Å². The van der Waals surface area contributed by atoms with Crippen LogP contribution < -0.4 is 0 Å². The van der Waals surface area contributed by atoms with Crippen LogP contribution in [0.1, 0.15) is 48.0 Å². The highest BCUT2D eigenvalue weighted by molar-refractivity contribution is 4.83. The van der Waals surface area contributed by atoms with Crippen molar-refractivity contribution in [1.29, 1.82) is 0 Å². The Morgan fingerprint density at radius 1 is 1.13 bits per heavy atom. The van der Waals surface area contributed by atoms with Crippen LogP contribution in [0.25, 0.3) is 0 Å². The third kappa shape index (κ3) is 4.52. The molecule has 0 aliphatic carbocycles. The number of hydrogen-bond acceptors (Lipinski definition) is 2. The molecule has 0 aromatic carbocycles. The van der Waals surface area contributed by atoms with Crippen LogP contribution in [0, 0.1) is 5.41 Å². The Labute approximate surface area is 95.0 Å². The fourth-order valence-electron chi connectivity index (χ4n) is 2.14. The fourth-order valence-corrected chi connectivity index (χ4v) is 2.14. The zero-order valence-electron chi connectivity index (χ0n) is 11.3. The zero-order chi connectivity index (χ0) is 11.7. The molecule has 90 valence electrons. The van der Waals surface area contributed by atoms with Crippen LogP contribution in [-0.2, 0) is 4.74 Å². The Bertz CT molecular complexity index is 200. The van der Waals surface area contributed by atoms with Crippen molar-refractivity contribution in [3.63, 3.8) is 0 Å². The molecule has 1 heterocycles. The van der Waals surface area contributed by atoms with E-state index in [1.54, 1.807) is 0 Å². The summed E-state index contributed by atoms with van der Waals surface area (Å²) in [5.74, 6) is 0. The van der Waals surface area contributed by atoms with E-state index in [1.165, 1.54) is 0 Å². The van der Waals surface area contributed by atoms with Gasteiger partial charge in [-0.3, -0.25) is 4.90 Å². The van der Waals surface area contributed by atoms with Gasteiger partial charge in [0.15, 0.2) is 0 Å². The molecule has 1 aliphatic heterocycles. The lowest BCUT2D eigenvalue weighted by atomic mass is 9.88. The molecule has 1 rings (SSSR count). The lowest BCUT2D eigenvalue weighted by molar-refractivity contribution is -0.0713. The highest BCUT2D eigenvalue weighted by atomic mass is 16.5.